The Bertz CT molecular complexity index is 722. The van der Waals surface area contributed by atoms with E-state index in [2.05, 4.69) is 41.6 Å². The lowest BCUT2D eigenvalue weighted by molar-refractivity contribution is 0.601. The van der Waals surface area contributed by atoms with Gasteiger partial charge in [0.1, 0.15) is 5.15 Å². The van der Waals surface area contributed by atoms with E-state index in [1.807, 2.05) is 0 Å². The first kappa shape index (κ1) is 14.8. The van der Waals surface area contributed by atoms with Crippen LogP contribution in [0.3, 0.4) is 0 Å². The number of hydrogen-bond acceptors (Lipinski definition) is 3. The molecule has 0 aliphatic rings. The van der Waals surface area contributed by atoms with Crippen molar-refractivity contribution < 1.29 is 8.42 Å². The van der Waals surface area contributed by atoms with Gasteiger partial charge in [-0.15, -0.1) is 0 Å². The highest BCUT2D eigenvalue weighted by Crippen LogP contribution is 2.25. The van der Waals surface area contributed by atoms with Crippen molar-refractivity contribution in [3.8, 4) is 0 Å². The zero-order valence-corrected chi connectivity index (χ0v) is 14.0. The van der Waals surface area contributed by atoms with E-state index in [1.165, 1.54) is 18.3 Å². The van der Waals surface area contributed by atoms with Crippen molar-refractivity contribution in [1.82, 2.24) is 4.98 Å². The maximum atomic E-state index is 12.1. The van der Waals surface area contributed by atoms with Crippen molar-refractivity contribution in [3.05, 3.63) is 50.6 Å². The molecular formula is C11H7Br2ClN2O2S. The Morgan fingerprint density at radius 1 is 1.21 bits per heavy atom. The number of pyridine rings is 1. The topological polar surface area (TPSA) is 59.1 Å². The van der Waals surface area contributed by atoms with Crippen LogP contribution in [-0.2, 0) is 10.0 Å². The molecule has 0 radical (unpaired) electrons. The molecule has 100 valence electrons. The standard InChI is InChI=1S/C11H7Br2ClN2O2S/c12-7-2-1-3-9(4-7)19(17,18)16-8-5-10(13)11(14)15-6-8/h1-6,16H. The van der Waals surface area contributed by atoms with Crippen LogP contribution in [0.15, 0.2) is 50.4 Å². The molecule has 2 aromatic rings. The molecule has 1 N–H and O–H groups in total. The highest BCUT2D eigenvalue weighted by atomic mass is 79.9. The lowest BCUT2D eigenvalue weighted by Gasteiger charge is -2.08. The molecule has 0 spiro atoms. The van der Waals surface area contributed by atoms with Gasteiger partial charge in [-0.25, -0.2) is 13.4 Å². The summed E-state index contributed by atoms with van der Waals surface area (Å²) in [6, 6.07) is 7.96. The fourth-order valence-corrected chi connectivity index (χ4v) is 3.41. The van der Waals surface area contributed by atoms with Crippen molar-refractivity contribution in [1.29, 1.82) is 0 Å². The summed E-state index contributed by atoms with van der Waals surface area (Å²) in [5.74, 6) is 0. The first-order chi connectivity index (χ1) is 8.88. The van der Waals surface area contributed by atoms with Crippen molar-refractivity contribution in [3.63, 3.8) is 0 Å². The number of sulfonamides is 1. The summed E-state index contributed by atoms with van der Waals surface area (Å²) in [6.07, 6.45) is 1.35. The molecular weight excluding hydrogens is 419 g/mol. The summed E-state index contributed by atoms with van der Waals surface area (Å²) in [7, 11) is -3.65. The normalized spacial score (nSPS) is 11.3. The molecule has 0 saturated carbocycles. The number of benzene rings is 1. The van der Waals surface area contributed by atoms with Crippen LogP contribution < -0.4 is 4.72 Å². The van der Waals surface area contributed by atoms with Gasteiger partial charge in [-0.3, -0.25) is 4.72 Å². The number of nitrogens with one attached hydrogen (secondary N) is 1. The average molecular weight is 427 g/mol. The van der Waals surface area contributed by atoms with E-state index in [4.69, 9.17) is 11.6 Å². The molecule has 0 amide bonds. The zero-order valence-electron chi connectivity index (χ0n) is 9.27. The number of halogens is 3. The third-order valence-electron chi connectivity index (χ3n) is 2.15. The number of hydrogen-bond donors (Lipinski definition) is 1. The number of aromatic nitrogens is 1. The molecule has 19 heavy (non-hydrogen) atoms. The lowest BCUT2D eigenvalue weighted by atomic mass is 10.4. The van der Waals surface area contributed by atoms with Gasteiger partial charge in [-0.05, 0) is 40.2 Å². The first-order valence-corrected chi connectivity index (χ1v) is 8.42. The van der Waals surface area contributed by atoms with E-state index in [0.29, 0.717) is 14.6 Å². The van der Waals surface area contributed by atoms with E-state index in [1.54, 1.807) is 18.2 Å². The van der Waals surface area contributed by atoms with Crippen LogP contribution in [-0.4, -0.2) is 13.4 Å². The smallest absolute Gasteiger partial charge is 0.261 e. The molecule has 1 aromatic carbocycles. The predicted molar refractivity (Wildman–Crippen MR) is 81.9 cm³/mol. The second-order valence-corrected chi connectivity index (χ2v) is 7.37. The largest absolute Gasteiger partial charge is 0.278 e. The molecule has 0 aliphatic heterocycles. The zero-order chi connectivity index (χ0) is 14.0. The fraction of sp³-hybridized carbons (Fsp3) is 0. The lowest BCUT2D eigenvalue weighted by Crippen LogP contribution is -2.13. The molecule has 0 atom stereocenters. The summed E-state index contributed by atoms with van der Waals surface area (Å²) < 4.78 is 27.9. The molecule has 8 heteroatoms. The summed E-state index contributed by atoms with van der Waals surface area (Å²) in [5, 5.41) is 0.269. The third kappa shape index (κ3) is 3.68. The molecule has 1 aromatic heterocycles. The minimum Gasteiger partial charge on any atom is -0.278 e. The Hall–Kier alpha value is -0.630. The van der Waals surface area contributed by atoms with Crippen molar-refractivity contribution >= 4 is 59.2 Å². The van der Waals surface area contributed by atoms with E-state index >= 15 is 0 Å². The Labute approximate surface area is 132 Å². The van der Waals surface area contributed by atoms with Crippen LogP contribution in [0.2, 0.25) is 5.15 Å². The van der Waals surface area contributed by atoms with E-state index in [-0.39, 0.29) is 10.0 Å². The Balaban J connectivity index is 2.33. The van der Waals surface area contributed by atoms with Gasteiger partial charge in [0, 0.05) is 4.47 Å². The number of nitrogens with zero attached hydrogens (tertiary/aromatic N) is 1. The SMILES string of the molecule is O=S(=O)(Nc1cnc(Cl)c(Br)c1)c1cccc(Br)c1. The molecule has 4 nitrogen and oxygen atoms in total. The molecule has 1 heterocycles. The van der Waals surface area contributed by atoms with Crippen LogP contribution in [0.1, 0.15) is 0 Å². The fourth-order valence-electron chi connectivity index (χ4n) is 1.33. The number of anilines is 1. The van der Waals surface area contributed by atoms with Gasteiger partial charge in [0.15, 0.2) is 0 Å². The molecule has 0 unspecified atom stereocenters. The van der Waals surface area contributed by atoms with Crippen molar-refractivity contribution in [2.24, 2.45) is 0 Å². The Kier molecular flexibility index (Phi) is 4.50. The maximum Gasteiger partial charge on any atom is 0.261 e. The van der Waals surface area contributed by atoms with Gasteiger partial charge in [0.05, 0.1) is 21.3 Å². The Morgan fingerprint density at radius 3 is 2.58 bits per heavy atom. The first-order valence-electron chi connectivity index (χ1n) is 4.98. The van der Waals surface area contributed by atoms with Crippen molar-refractivity contribution in [2.45, 2.75) is 4.90 Å². The molecule has 0 bridgehead atoms. The molecule has 0 fully saturated rings. The highest BCUT2D eigenvalue weighted by Gasteiger charge is 2.15. The monoisotopic (exact) mass is 424 g/mol. The van der Waals surface area contributed by atoms with E-state index in [9.17, 15) is 8.42 Å². The number of rotatable bonds is 3. The predicted octanol–water partition coefficient (Wildman–Crippen LogP) is 4.06. The van der Waals surface area contributed by atoms with Gasteiger partial charge in [-0.1, -0.05) is 33.6 Å². The van der Waals surface area contributed by atoms with Crippen LogP contribution in [0.4, 0.5) is 5.69 Å². The van der Waals surface area contributed by atoms with Gasteiger partial charge in [0.25, 0.3) is 10.0 Å². The molecule has 2 rings (SSSR count). The van der Waals surface area contributed by atoms with Gasteiger partial charge < -0.3 is 0 Å². The highest BCUT2D eigenvalue weighted by molar-refractivity contribution is 9.10. The van der Waals surface area contributed by atoms with Crippen LogP contribution in [0.5, 0.6) is 0 Å². The third-order valence-corrected chi connectivity index (χ3v) is 5.16. The minimum absolute atomic E-state index is 0.160. The summed E-state index contributed by atoms with van der Waals surface area (Å²) in [5.41, 5.74) is 0.330. The van der Waals surface area contributed by atoms with Crippen LogP contribution in [0, 0.1) is 0 Å². The maximum absolute atomic E-state index is 12.1. The van der Waals surface area contributed by atoms with Gasteiger partial charge >= 0.3 is 0 Å². The average Bonchev–Trinajstić information content (AvgIpc) is 2.33. The summed E-state index contributed by atoms with van der Waals surface area (Å²) in [6.45, 7) is 0. The summed E-state index contributed by atoms with van der Waals surface area (Å²) >= 11 is 12.2. The quantitative estimate of drug-likeness (QED) is 0.753. The van der Waals surface area contributed by atoms with Gasteiger partial charge in [0.2, 0.25) is 0 Å². The van der Waals surface area contributed by atoms with Crippen LogP contribution >= 0.6 is 43.5 Å². The van der Waals surface area contributed by atoms with Crippen molar-refractivity contribution in [2.75, 3.05) is 4.72 Å². The Morgan fingerprint density at radius 2 is 1.95 bits per heavy atom. The second-order valence-electron chi connectivity index (χ2n) is 3.56. The second kappa shape index (κ2) is 5.78. The minimum atomic E-state index is -3.65. The van der Waals surface area contributed by atoms with Gasteiger partial charge in [-0.2, -0.15) is 0 Å². The molecule has 0 saturated heterocycles. The molecule has 0 aliphatic carbocycles. The van der Waals surface area contributed by atoms with Crippen LogP contribution in [0.25, 0.3) is 0 Å². The van der Waals surface area contributed by atoms with E-state index < -0.39 is 10.0 Å². The summed E-state index contributed by atoms with van der Waals surface area (Å²) in [4.78, 5) is 4.02. The van der Waals surface area contributed by atoms with E-state index in [0.717, 1.165) is 0 Å².